The molecule has 0 heterocycles. The van der Waals surface area contributed by atoms with E-state index < -0.39 is 12.1 Å². The van der Waals surface area contributed by atoms with Gasteiger partial charge >= 0.3 is 5.97 Å². The number of carbonyl (C=O) groups is 1. The van der Waals surface area contributed by atoms with Gasteiger partial charge in [-0.25, -0.2) is 4.79 Å². The summed E-state index contributed by atoms with van der Waals surface area (Å²) in [4.78, 5) is 11.0. The van der Waals surface area contributed by atoms with Crippen molar-refractivity contribution in [3.8, 4) is 5.75 Å². The molecule has 16 heavy (non-hydrogen) atoms. The molecular formula is C12H15ClO3. The lowest BCUT2D eigenvalue weighted by Gasteiger charge is -2.19. The molecule has 0 aromatic heterocycles. The Morgan fingerprint density at radius 1 is 1.44 bits per heavy atom. The standard InChI is InChI=1S/C12H15ClO3/c1-7(2)11(12(14)15)16-10-5-4-8(3)6-9(10)13/h4-7,11H,1-3H3,(H,14,15). The molecule has 1 aromatic rings. The molecular weight excluding hydrogens is 228 g/mol. The molecule has 1 aromatic carbocycles. The van der Waals surface area contributed by atoms with Gasteiger partial charge in [-0.3, -0.25) is 0 Å². The van der Waals surface area contributed by atoms with Gasteiger partial charge in [-0.2, -0.15) is 0 Å². The van der Waals surface area contributed by atoms with E-state index in [1.165, 1.54) is 0 Å². The Kier molecular flexibility index (Phi) is 4.19. The molecule has 0 amide bonds. The van der Waals surface area contributed by atoms with Crippen LogP contribution in [0.25, 0.3) is 0 Å². The molecule has 0 aliphatic heterocycles. The second-order valence-corrected chi connectivity index (χ2v) is 4.46. The molecule has 0 saturated heterocycles. The molecule has 88 valence electrons. The summed E-state index contributed by atoms with van der Waals surface area (Å²) >= 11 is 5.97. The first kappa shape index (κ1) is 12.8. The third-order valence-electron chi connectivity index (χ3n) is 2.19. The number of ether oxygens (including phenoxy) is 1. The van der Waals surface area contributed by atoms with Gasteiger partial charge < -0.3 is 9.84 Å². The highest BCUT2D eigenvalue weighted by Crippen LogP contribution is 2.27. The normalized spacial score (nSPS) is 12.6. The molecule has 4 heteroatoms. The van der Waals surface area contributed by atoms with Gasteiger partial charge in [-0.15, -0.1) is 0 Å². The highest BCUT2D eigenvalue weighted by molar-refractivity contribution is 6.32. The average molecular weight is 243 g/mol. The van der Waals surface area contributed by atoms with E-state index in [2.05, 4.69) is 0 Å². The molecule has 1 N–H and O–H groups in total. The molecule has 3 nitrogen and oxygen atoms in total. The number of halogens is 1. The van der Waals surface area contributed by atoms with Crippen molar-refractivity contribution in [1.82, 2.24) is 0 Å². The number of benzene rings is 1. The van der Waals surface area contributed by atoms with Crippen LogP contribution in [-0.4, -0.2) is 17.2 Å². The Balaban J connectivity index is 2.90. The lowest BCUT2D eigenvalue weighted by atomic mass is 10.1. The number of hydrogen-bond acceptors (Lipinski definition) is 2. The maximum atomic E-state index is 11.0. The fraction of sp³-hybridized carbons (Fsp3) is 0.417. The van der Waals surface area contributed by atoms with Crippen LogP contribution in [0.1, 0.15) is 19.4 Å². The van der Waals surface area contributed by atoms with Gasteiger partial charge in [0.05, 0.1) is 5.02 Å². The van der Waals surface area contributed by atoms with E-state index in [9.17, 15) is 4.79 Å². The van der Waals surface area contributed by atoms with E-state index in [1.807, 2.05) is 13.0 Å². The summed E-state index contributed by atoms with van der Waals surface area (Å²) in [5, 5.41) is 9.42. The minimum atomic E-state index is -0.980. The quantitative estimate of drug-likeness (QED) is 0.882. The highest BCUT2D eigenvalue weighted by atomic mass is 35.5. The largest absolute Gasteiger partial charge is 0.478 e. The Morgan fingerprint density at radius 3 is 2.50 bits per heavy atom. The summed E-state index contributed by atoms with van der Waals surface area (Å²) in [7, 11) is 0. The van der Waals surface area contributed by atoms with Crippen LogP contribution in [-0.2, 0) is 4.79 Å². The smallest absolute Gasteiger partial charge is 0.345 e. The van der Waals surface area contributed by atoms with Gasteiger partial charge in [0.25, 0.3) is 0 Å². The number of aryl methyl sites for hydroxylation is 1. The Bertz CT molecular complexity index is 388. The minimum absolute atomic E-state index is 0.116. The summed E-state index contributed by atoms with van der Waals surface area (Å²) in [6.45, 7) is 5.49. The van der Waals surface area contributed by atoms with Crippen molar-refractivity contribution in [3.05, 3.63) is 28.8 Å². The number of hydrogen-bond donors (Lipinski definition) is 1. The number of rotatable bonds is 4. The minimum Gasteiger partial charge on any atom is -0.478 e. The van der Waals surface area contributed by atoms with Crippen LogP contribution >= 0.6 is 11.6 Å². The van der Waals surface area contributed by atoms with E-state index in [1.54, 1.807) is 26.0 Å². The van der Waals surface area contributed by atoms with E-state index >= 15 is 0 Å². The van der Waals surface area contributed by atoms with E-state index in [0.717, 1.165) is 5.56 Å². The maximum Gasteiger partial charge on any atom is 0.345 e. The van der Waals surface area contributed by atoms with Crippen molar-refractivity contribution in [2.24, 2.45) is 5.92 Å². The third-order valence-corrected chi connectivity index (χ3v) is 2.49. The Morgan fingerprint density at radius 2 is 2.06 bits per heavy atom. The predicted octanol–water partition coefficient (Wildman–Crippen LogP) is 3.14. The lowest BCUT2D eigenvalue weighted by molar-refractivity contribution is -0.147. The van der Waals surface area contributed by atoms with Gasteiger partial charge in [0.15, 0.2) is 6.10 Å². The van der Waals surface area contributed by atoms with Gasteiger partial charge in [0.1, 0.15) is 5.75 Å². The van der Waals surface area contributed by atoms with Crippen LogP contribution in [0.4, 0.5) is 0 Å². The van der Waals surface area contributed by atoms with Gasteiger partial charge in [-0.1, -0.05) is 31.5 Å². The molecule has 0 spiro atoms. The van der Waals surface area contributed by atoms with Crippen LogP contribution in [0.2, 0.25) is 5.02 Å². The zero-order valence-corrected chi connectivity index (χ0v) is 10.3. The van der Waals surface area contributed by atoms with E-state index in [0.29, 0.717) is 10.8 Å². The van der Waals surface area contributed by atoms with Crippen molar-refractivity contribution in [2.45, 2.75) is 26.9 Å². The summed E-state index contributed by atoms with van der Waals surface area (Å²) in [5.41, 5.74) is 1.01. The SMILES string of the molecule is Cc1ccc(OC(C(=O)O)C(C)C)c(Cl)c1. The van der Waals surface area contributed by atoms with Crippen LogP contribution < -0.4 is 4.74 Å². The number of carboxylic acid groups (broad SMARTS) is 1. The third kappa shape index (κ3) is 3.14. The van der Waals surface area contributed by atoms with Crippen molar-refractivity contribution in [2.75, 3.05) is 0 Å². The van der Waals surface area contributed by atoms with E-state index in [-0.39, 0.29) is 5.92 Å². The molecule has 1 atom stereocenters. The lowest BCUT2D eigenvalue weighted by Crippen LogP contribution is -2.32. The van der Waals surface area contributed by atoms with Gasteiger partial charge in [0, 0.05) is 5.92 Å². The Hall–Kier alpha value is -1.22. The first-order chi connectivity index (χ1) is 7.41. The fourth-order valence-corrected chi connectivity index (χ4v) is 1.59. The summed E-state index contributed by atoms with van der Waals surface area (Å²) in [5.74, 6) is -0.685. The van der Waals surface area contributed by atoms with Crippen molar-refractivity contribution < 1.29 is 14.6 Å². The average Bonchev–Trinajstić information content (AvgIpc) is 2.15. The molecule has 0 saturated carbocycles. The zero-order valence-electron chi connectivity index (χ0n) is 9.53. The summed E-state index contributed by atoms with van der Waals surface area (Å²) in [6, 6.07) is 5.27. The van der Waals surface area contributed by atoms with Gasteiger partial charge in [0.2, 0.25) is 0 Å². The molecule has 0 bridgehead atoms. The van der Waals surface area contributed by atoms with E-state index in [4.69, 9.17) is 21.4 Å². The first-order valence-electron chi connectivity index (χ1n) is 5.07. The molecule has 0 radical (unpaired) electrons. The molecule has 0 aliphatic carbocycles. The fourth-order valence-electron chi connectivity index (χ4n) is 1.31. The van der Waals surface area contributed by atoms with Crippen molar-refractivity contribution >= 4 is 17.6 Å². The van der Waals surface area contributed by atoms with Crippen LogP contribution in [0, 0.1) is 12.8 Å². The molecule has 0 aliphatic rings. The first-order valence-corrected chi connectivity index (χ1v) is 5.45. The predicted molar refractivity (Wildman–Crippen MR) is 63.1 cm³/mol. The topological polar surface area (TPSA) is 46.5 Å². The number of aliphatic carboxylic acids is 1. The van der Waals surface area contributed by atoms with Crippen LogP contribution in [0.15, 0.2) is 18.2 Å². The maximum absolute atomic E-state index is 11.0. The van der Waals surface area contributed by atoms with Crippen molar-refractivity contribution in [3.63, 3.8) is 0 Å². The van der Waals surface area contributed by atoms with Crippen molar-refractivity contribution in [1.29, 1.82) is 0 Å². The van der Waals surface area contributed by atoms with Crippen LogP contribution in [0.3, 0.4) is 0 Å². The monoisotopic (exact) mass is 242 g/mol. The van der Waals surface area contributed by atoms with Gasteiger partial charge in [-0.05, 0) is 24.6 Å². The number of carboxylic acids is 1. The second kappa shape index (κ2) is 5.21. The molecule has 0 fully saturated rings. The zero-order chi connectivity index (χ0) is 12.3. The molecule has 1 unspecified atom stereocenters. The summed E-state index contributed by atoms with van der Waals surface area (Å²) < 4.78 is 5.39. The second-order valence-electron chi connectivity index (χ2n) is 4.05. The molecule has 1 rings (SSSR count). The van der Waals surface area contributed by atoms with Crippen LogP contribution in [0.5, 0.6) is 5.75 Å². The summed E-state index contributed by atoms with van der Waals surface area (Å²) in [6.07, 6.45) is -0.875. The highest BCUT2D eigenvalue weighted by Gasteiger charge is 2.24. The Labute approximate surface area is 100.0 Å².